The Bertz CT molecular complexity index is 1220. The molecule has 0 bridgehead atoms. The van der Waals surface area contributed by atoms with Crippen LogP contribution in [0.4, 0.5) is 0 Å². The van der Waals surface area contributed by atoms with Gasteiger partial charge in [-0.2, -0.15) is 5.10 Å². The Morgan fingerprint density at radius 1 is 1.06 bits per heavy atom. The first-order valence-corrected chi connectivity index (χ1v) is 12.2. The molecule has 34 heavy (non-hydrogen) atoms. The van der Waals surface area contributed by atoms with E-state index in [4.69, 9.17) is 16.3 Å². The van der Waals surface area contributed by atoms with Crippen molar-refractivity contribution in [2.45, 2.75) is 39.3 Å². The molecule has 0 radical (unpaired) electrons. The molecule has 180 valence electrons. The van der Waals surface area contributed by atoms with Gasteiger partial charge in [-0.15, -0.1) is 0 Å². The summed E-state index contributed by atoms with van der Waals surface area (Å²) >= 11 is 6.18. The lowest BCUT2D eigenvalue weighted by molar-refractivity contribution is 0.0621. The van der Waals surface area contributed by atoms with E-state index in [0.29, 0.717) is 47.7 Å². The number of aromatic nitrogens is 2. The molecule has 7 nitrogen and oxygen atoms in total. The van der Waals surface area contributed by atoms with Gasteiger partial charge in [0.1, 0.15) is 5.75 Å². The van der Waals surface area contributed by atoms with Gasteiger partial charge in [-0.05, 0) is 30.7 Å². The summed E-state index contributed by atoms with van der Waals surface area (Å²) in [6, 6.07) is 12.9. The van der Waals surface area contributed by atoms with Gasteiger partial charge >= 0.3 is 0 Å². The summed E-state index contributed by atoms with van der Waals surface area (Å²) in [6.07, 6.45) is 2.93. The van der Waals surface area contributed by atoms with E-state index in [2.05, 4.69) is 16.9 Å². The second-order valence-electron chi connectivity index (χ2n) is 8.65. The highest BCUT2D eigenvalue weighted by molar-refractivity contribution is 6.30. The average Bonchev–Trinajstić information content (AvgIpc) is 2.86. The van der Waals surface area contributed by atoms with Gasteiger partial charge in [-0.3, -0.25) is 14.5 Å². The number of unbranched alkanes of at least 4 members (excludes halogenated alkanes) is 2. The minimum Gasteiger partial charge on any atom is -0.496 e. The van der Waals surface area contributed by atoms with Crippen LogP contribution in [0.25, 0.3) is 10.8 Å². The van der Waals surface area contributed by atoms with Crippen molar-refractivity contribution in [3.8, 4) is 5.75 Å². The standard InChI is InChI=1S/C26H31ClN4O3/c1-3-4-7-12-31-25(32)22-9-6-5-8-21(22)24(28-31)26(33)30-15-13-29(14-16-30)18-19-17-20(27)10-11-23(19)34-2/h5-6,8-11,17H,3-4,7,12-16,18H2,1-2H3. The van der Waals surface area contributed by atoms with E-state index in [1.54, 1.807) is 13.2 Å². The number of nitrogens with zero attached hydrogens (tertiary/aromatic N) is 4. The Labute approximate surface area is 204 Å². The molecule has 2 heterocycles. The van der Waals surface area contributed by atoms with Gasteiger partial charge in [0.15, 0.2) is 5.69 Å². The van der Waals surface area contributed by atoms with Crippen LogP contribution >= 0.6 is 11.6 Å². The van der Waals surface area contributed by atoms with Crippen molar-refractivity contribution in [3.05, 3.63) is 69.1 Å². The molecule has 0 unspecified atom stereocenters. The molecule has 1 fully saturated rings. The molecule has 1 aliphatic rings. The van der Waals surface area contributed by atoms with Gasteiger partial charge in [0.05, 0.1) is 12.5 Å². The number of carbonyl (C=O) groups is 1. The summed E-state index contributed by atoms with van der Waals surface area (Å²) in [7, 11) is 1.66. The van der Waals surface area contributed by atoms with Crippen LogP contribution in [0.1, 0.15) is 42.2 Å². The fraction of sp³-hybridized carbons (Fsp3) is 0.423. The summed E-state index contributed by atoms with van der Waals surface area (Å²) in [5, 5.41) is 6.38. The molecule has 1 saturated heterocycles. The van der Waals surface area contributed by atoms with Gasteiger partial charge < -0.3 is 9.64 Å². The Balaban J connectivity index is 1.51. The van der Waals surface area contributed by atoms with Crippen LogP contribution in [-0.2, 0) is 13.1 Å². The number of amides is 1. The fourth-order valence-electron chi connectivity index (χ4n) is 4.43. The lowest BCUT2D eigenvalue weighted by Gasteiger charge is -2.35. The first-order chi connectivity index (χ1) is 16.5. The maximum Gasteiger partial charge on any atom is 0.275 e. The third kappa shape index (κ3) is 5.26. The highest BCUT2D eigenvalue weighted by atomic mass is 35.5. The highest BCUT2D eigenvalue weighted by Crippen LogP contribution is 2.25. The van der Waals surface area contributed by atoms with E-state index >= 15 is 0 Å². The van der Waals surface area contributed by atoms with Gasteiger partial charge in [0.25, 0.3) is 11.5 Å². The van der Waals surface area contributed by atoms with Crippen LogP contribution in [0.15, 0.2) is 47.3 Å². The largest absolute Gasteiger partial charge is 0.496 e. The van der Waals surface area contributed by atoms with Crippen molar-refractivity contribution in [1.82, 2.24) is 19.6 Å². The molecule has 0 atom stereocenters. The van der Waals surface area contributed by atoms with E-state index in [-0.39, 0.29) is 11.5 Å². The zero-order chi connectivity index (χ0) is 24.1. The van der Waals surface area contributed by atoms with Crippen molar-refractivity contribution in [3.63, 3.8) is 0 Å². The molecule has 4 rings (SSSR count). The van der Waals surface area contributed by atoms with Crippen molar-refractivity contribution in [1.29, 1.82) is 0 Å². The molecule has 8 heteroatoms. The number of ether oxygens (including phenoxy) is 1. The number of benzene rings is 2. The van der Waals surface area contributed by atoms with Crippen molar-refractivity contribution < 1.29 is 9.53 Å². The molecular weight excluding hydrogens is 452 g/mol. The summed E-state index contributed by atoms with van der Waals surface area (Å²) in [5.41, 5.74) is 1.25. The molecule has 0 spiro atoms. The number of carbonyl (C=O) groups excluding carboxylic acids is 1. The van der Waals surface area contributed by atoms with Crippen LogP contribution in [-0.4, -0.2) is 58.8 Å². The molecular formula is C26H31ClN4O3. The summed E-state index contributed by atoms with van der Waals surface area (Å²) < 4.78 is 6.94. The summed E-state index contributed by atoms with van der Waals surface area (Å²) in [6.45, 7) is 5.99. The third-order valence-electron chi connectivity index (χ3n) is 6.34. The maximum atomic E-state index is 13.5. The van der Waals surface area contributed by atoms with E-state index in [1.807, 2.05) is 41.3 Å². The predicted molar refractivity (Wildman–Crippen MR) is 135 cm³/mol. The number of piperazine rings is 1. The normalized spacial score (nSPS) is 14.5. The Kier molecular flexibility index (Phi) is 7.85. The highest BCUT2D eigenvalue weighted by Gasteiger charge is 2.26. The third-order valence-corrected chi connectivity index (χ3v) is 6.57. The Hall–Kier alpha value is -2.90. The zero-order valence-corrected chi connectivity index (χ0v) is 20.6. The SMILES string of the molecule is CCCCCn1nc(C(=O)N2CCN(Cc3cc(Cl)ccc3OC)CC2)c2ccccc2c1=O. The molecule has 1 aromatic heterocycles. The first-order valence-electron chi connectivity index (χ1n) is 11.9. The fourth-order valence-corrected chi connectivity index (χ4v) is 4.62. The van der Waals surface area contributed by atoms with Crippen LogP contribution in [0, 0.1) is 0 Å². The number of aryl methyl sites for hydroxylation is 1. The molecule has 0 N–H and O–H groups in total. The second-order valence-corrected chi connectivity index (χ2v) is 9.09. The number of hydrogen-bond donors (Lipinski definition) is 0. The van der Waals surface area contributed by atoms with Crippen molar-refractivity contribution in [2.75, 3.05) is 33.3 Å². The second kappa shape index (κ2) is 11.0. The van der Waals surface area contributed by atoms with Gasteiger partial charge in [-0.25, -0.2) is 4.68 Å². The van der Waals surface area contributed by atoms with Crippen LogP contribution < -0.4 is 10.3 Å². The first kappa shape index (κ1) is 24.2. The number of halogens is 1. The minimum absolute atomic E-state index is 0.125. The summed E-state index contributed by atoms with van der Waals surface area (Å²) in [5.74, 6) is 0.685. The lowest BCUT2D eigenvalue weighted by atomic mass is 10.1. The number of rotatable bonds is 8. The van der Waals surface area contributed by atoms with E-state index in [9.17, 15) is 9.59 Å². The molecule has 1 amide bonds. The van der Waals surface area contributed by atoms with E-state index < -0.39 is 0 Å². The summed E-state index contributed by atoms with van der Waals surface area (Å²) in [4.78, 5) is 30.5. The zero-order valence-electron chi connectivity index (χ0n) is 19.8. The number of fused-ring (bicyclic) bond motifs is 1. The smallest absolute Gasteiger partial charge is 0.275 e. The maximum absolute atomic E-state index is 13.5. The number of methoxy groups -OCH3 is 1. The van der Waals surface area contributed by atoms with Crippen molar-refractivity contribution in [2.24, 2.45) is 0 Å². The van der Waals surface area contributed by atoms with Gasteiger partial charge in [-0.1, -0.05) is 49.6 Å². The quantitative estimate of drug-likeness (QED) is 0.450. The molecule has 3 aromatic rings. The van der Waals surface area contributed by atoms with Crippen LogP contribution in [0.2, 0.25) is 5.02 Å². The predicted octanol–water partition coefficient (Wildman–Crippen LogP) is 4.21. The van der Waals surface area contributed by atoms with Gasteiger partial charge in [0.2, 0.25) is 0 Å². The monoisotopic (exact) mass is 482 g/mol. The van der Waals surface area contributed by atoms with E-state index in [0.717, 1.165) is 43.7 Å². The number of hydrogen-bond acceptors (Lipinski definition) is 5. The van der Waals surface area contributed by atoms with Crippen LogP contribution in [0.3, 0.4) is 0 Å². The topological polar surface area (TPSA) is 67.7 Å². The molecule has 0 aliphatic carbocycles. The Morgan fingerprint density at radius 2 is 1.79 bits per heavy atom. The Morgan fingerprint density at radius 3 is 2.50 bits per heavy atom. The van der Waals surface area contributed by atoms with Crippen molar-refractivity contribution >= 4 is 28.3 Å². The van der Waals surface area contributed by atoms with E-state index in [1.165, 1.54) is 4.68 Å². The van der Waals surface area contributed by atoms with Gasteiger partial charge in [0, 0.05) is 55.2 Å². The molecule has 1 aliphatic heterocycles. The lowest BCUT2D eigenvalue weighted by Crippen LogP contribution is -2.48. The molecule has 0 saturated carbocycles. The molecule has 2 aromatic carbocycles. The van der Waals surface area contributed by atoms with Crippen LogP contribution in [0.5, 0.6) is 5.75 Å². The minimum atomic E-state index is -0.136. The average molecular weight is 483 g/mol.